The standard InChI is InChI=1S/C15H12Cl2N2O2/c1-9(10-2-5-14-15(6-10)21-8-20-14)18-19-11-3-4-12(16)13(17)7-11/h2-7,19H,8H2,1H3/b18-9-. The van der Waals surface area contributed by atoms with Gasteiger partial charge in [-0.2, -0.15) is 5.10 Å². The van der Waals surface area contributed by atoms with Gasteiger partial charge < -0.3 is 9.47 Å². The van der Waals surface area contributed by atoms with E-state index < -0.39 is 0 Å². The molecule has 0 spiro atoms. The number of anilines is 1. The zero-order chi connectivity index (χ0) is 14.8. The average molecular weight is 323 g/mol. The summed E-state index contributed by atoms with van der Waals surface area (Å²) in [5, 5.41) is 5.33. The molecule has 2 aromatic rings. The molecule has 1 aliphatic rings. The Morgan fingerprint density at radius 3 is 2.67 bits per heavy atom. The van der Waals surface area contributed by atoms with Gasteiger partial charge in [-0.05, 0) is 43.3 Å². The van der Waals surface area contributed by atoms with Gasteiger partial charge >= 0.3 is 0 Å². The summed E-state index contributed by atoms with van der Waals surface area (Å²) in [7, 11) is 0. The van der Waals surface area contributed by atoms with E-state index in [0.717, 1.165) is 28.5 Å². The quantitative estimate of drug-likeness (QED) is 0.665. The number of hydrazone groups is 1. The molecule has 0 unspecified atom stereocenters. The third kappa shape index (κ3) is 3.06. The fraction of sp³-hybridized carbons (Fsp3) is 0.133. The highest BCUT2D eigenvalue weighted by Crippen LogP contribution is 2.32. The molecule has 2 aromatic carbocycles. The number of nitrogens with one attached hydrogen (secondary N) is 1. The van der Waals surface area contributed by atoms with E-state index in [2.05, 4.69) is 10.5 Å². The van der Waals surface area contributed by atoms with Crippen LogP contribution in [0.4, 0.5) is 5.69 Å². The molecule has 108 valence electrons. The molecule has 21 heavy (non-hydrogen) atoms. The predicted molar refractivity (Wildman–Crippen MR) is 84.9 cm³/mol. The molecule has 0 saturated heterocycles. The van der Waals surface area contributed by atoms with E-state index >= 15 is 0 Å². The van der Waals surface area contributed by atoms with Crippen LogP contribution in [0, 0.1) is 0 Å². The van der Waals surface area contributed by atoms with Crippen LogP contribution in [-0.4, -0.2) is 12.5 Å². The van der Waals surface area contributed by atoms with Gasteiger partial charge in [0.1, 0.15) is 0 Å². The van der Waals surface area contributed by atoms with Crippen LogP contribution in [0.5, 0.6) is 11.5 Å². The van der Waals surface area contributed by atoms with E-state index in [4.69, 9.17) is 32.7 Å². The molecule has 0 aromatic heterocycles. The minimum atomic E-state index is 0.260. The summed E-state index contributed by atoms with van der Waals surface area (Å²) >= 11 is 11.8. The number of benzene rings is 2. The van der Waals surface area contributed by atoms with Gasteiger partial charge in [0, 0.05) is 5.56 Å². The highest BCUT2D eigenvalue weighted by Gasteiger charge is 2.13. The second-order valence-electron chi connectivity index (χ2n) is 4.51. The summed E-state index contributed by atoms with van der Waals surface area (Å²) in [6, 6.07) is 11.0. The summed E-state index contributed by atoms with van der Waals surface area (Å²) < 4.78 is 10.6. The largest absolute Gasteiger partial charge is 0.454 e. The molecule has 4 nitrogen and oxygen atoms in total. The van der Waals surface area contributed by atoms with Crippen molar-refractivity contribution in [2.24, 2.45) is 5.10 Å². The third-order valence-electron chi connectivity index (χ3n) is 3.06. The number of rotatable bonds is 3. The molecule has 0 radical (unpaired) electrons. The summed E-state index contributed by atoms with van der Waals surface area (Å²) in [6.45, 7) is 2.17. The number of hydrogen-bond acceptors (Lipinski definition) is 4. The first-order chi connectivity index (χ1) is 10.1. The minimum absolute atomic E-state index is 0.260. The smallest absolute Gasteiger partial charge is 0.231 e. The van der Waals surface area contributed by atoms with E-state index in [0.29, 0.717) is 10.0 Å². The monoisotopic (exact) mass is 322 g/mol. The van der Waals surface area contributed by atoms with E-state index in [1.807, 2.05) is 31.2 Å². The van der Waals surface area contributed by atoms with E-state index in [-0.39, 0.29) is 6.79 Å². The van der Waals surface area contributed by atoms with Gasteiger partial charge in [0.2, 0.25) is 6.79 Å². The lowest BCUT2D eigenvalue weighted by atomic mass is 10.1. The molecule has 1 N–H and O–H groups in total. The van der Waals surface area contributed by atoms with Gasteiger partial charge in [-0.3, -0.25) is 5.43 Å². The topological polar surface area (TPSA) is 42.9 Å². The minimum Gasteiger partial charge on any atom is -0.454 e. The molecule has 1 heterocycles. The van der Waals surface area contributed by atoms with Gasteiger partial charge in [0.05, 0.1) is 21.4 Å². The highest BCUT2D eigenvalue weighted by molar-refractivity contribution is 6.42. The lowest BCUT2D eigenvalue weighted by Crippen LogP contribution is -1.99. The average Bonchev–Trinajstić information content (AvgIpc) is 2.95. The summed E-state index contributed by atoms with van der Waals surface area (Å²) in [5.74, 6) is 1.49. The van der Waals surface area contributed by atoms with Crippen molar-refractivity contribution in [1.82, 2.24) is 0 Å². The lowest BCUT2D eigenvalue weighted by molar-refractivity contribution is 0.174. The SMILES string of the molecule is C/C(=N/Nc1ccc(Cl)c(Cl)c1)c1ccc2c(c1)OCO2. The Balaban J connectivity index is 1.78. The van der Waals surface area contributed by atoms with Gasteiger partial charge in [-0.15, -0.1) is 0 Å². The van der Waals surface area contributed by atoms with Crippen LogP contribution in [-0.2, 0) is 0 Å². The van der Waals surface area contributed by atoms with Crippen LogP contribution in [0.1, 0.15) is 12.5 Å². The number of hydrogen-bond donors (Lipinski definition) is 1. The summed E-state index contributed by atoms with van der Waals surface area (Å²) in [6.07, 6.45) is 0. The molecule has 0 atom stereocenters. The normalized spacial score (nSPS) is 13.4. The molecule has 0 aliphatic carbocycles. The zero-order valence-electron chi connectivity index (χ0n) is 11.2. The van der Waals surface area contributed by atoms with E-state index in [9.17, 15) is 0 Å². The first kappa shape index (κ1) is 14.0. The molecule has 0 saturated carbocycles. The Bertz CT molecular complexity index is 717. The Morgan fingerprint density at radius 1 is 1.05 bits per heavy atom. The molecular weight excluding hydrogens is 311 g/mol. The summed E-state index contributed by atoms with van der Waals surface area (Å²) in [4.78, 5) is 0. The highest BCUT2D eigenvalue weighted by atomic mass is 35.5. The maximum Gasteiger partial charge on any atom is 0.231 e. The van der Waals surface area contributed by atoms with Crippen LogP contribution in [0.3, 0.4) is 0 Å². The van der Waals surface area contributed by atoms with Crippen molar-refractivity contribution in [3.63, 3.8) is 0 Å². The molecular formula is C15H12Cl2N2O2. The predicted octanol–water partition coefficient (Wildman–Crippen LogP) is 4.56. The maximum atomic E-state index is 5.96. The van der Waals surface area contributed by atoms with Crippen molar-refractivity contribution in [2.45, 2.75) is 6.92 Å². The Kier molecular flexibility index (Phi) is 3.90. The van der Waals surface area contributed by atoms with Crippen molar-refractivity contribution in [1.29, 1.82) is 0 Å². The van der Waals surface area contributed by atoms with Crippen LogP contribution in [0.15, 0.2) is 41.5 Å². The molecule has 3 rings (SSSR count). The number of nitrogens with zero attached hydrogens (tertiary/aromatic N) is 1. The Morgan fingerprint density at radius 2 is 1.86 bits per heavy atom. The van der Waals surface area contributed by atoms with Crippen LogP contribution in [0.2, 0.25) is 10.0 Å². The van der Waals surface area contributed by atoms with Crippen LogP contribution in [0.25, 0.3) is 0 Å². The van der Waals surface area contributed by atoms with Crippen molar-refractivity contribution in [2.75, 3.05) is 12.2 Å². The first-order valence-electron chi connectivity index (χ1n) is 6.29. The fourth-order valence-electron chi connectivity index (χ4n) is 1.90. The fourth-order valence-corrected chi connectivity index (χ4v) is 2.20. The Hall–Kier alpha value is -1.91. The van der Waals surface area contributed by atoms with Crippen molar-refractivity contribution >= 4 is 34.6 Å². The van der Waals surface area contributed by atoms with Gasteiger partial charge in [0.15, 0.2) is 11.5 Å². The van der Waals surface area contributed by atoms with E-state index in [1.165, 1.54) is 0 Å². The second-order valence-corrected chi connectivity index (χ2v) is 5.32. The van der Waals surface area contributed by atoms with Crippen LogP contribution >= 0.6 is 23.2 Å². The lowest BCUT2D eigenvalue weighted by Gasteiger charge is -2.05. The van der Waals surface area contributed by atoms with Crippen molar-refractivity contribution in [3.05, 3.63) is 52.0 Å². The first-order valence-corrected chi connectivity index (χ1v) is 7.04. The zero-order valence-corrected chi connectivity index (χ0v) is 12.7. The van der Waals surface area contributed by atoms with Crippen molar-refractivity contribution < 1.29 is 9.47 Å². The van der Waals surface area contributed by atoms with Crippen LogP contribution < -0.4 is 14.9 Å². The molecule has 0 fully saturated rings. The van der Waals surface area contributed by atoms with Gasteiger partial charge in [-0.25, -0.2) is 0 Å². The summed E-state index contributed by atoms with van der Waals surface area (Å²) in [5.41, 5.74) is 5.49. The molecule has 6 heteroatoms. The van der Waals surface area contributed by atoms with Gasteiger partial charge in [0.25, 0.3) is 0 Å². The molecule has 1 aliphatic heterocycles. The third-order valence-corrected chi connectivity index (χ3v) is 3.80. The second kappa shape index (κ2) is 5.84. The van der Waals surface area contributed by atoms with Crippen molar-refractivity contribution in [3.8, 4) is 11.5 Å². The molecule has 0 bridgehead atoms. The van der Waals surface area contributed by atoms with Gasteiger partial charge in [-0.1, -0.05) is 23.2 Å². The number of ether oxygens (including phenoxy) is 2. The maximum absolute atomic E-state index is 5.96. The number of fused-ring (bicyclic) bond motifs is 1. The van der Waals surface area contributed by atoms with E-state index in [1.54, 1.807) is 12.1 Å². The number of halogens is 2. The molecule has 0 amide bonds. The Labute approximate surface area is 132 Å².